The molecule has 2 aromatic rings. The van der Waals surface area contributed by atoms with Crippen molar-refractivity contribution in [2.24, 2.45) is 0 Å². The number of anilines is 1. The SMILES string of the molecule is CP(=O)(Nc1ccc(Br)cc1)c1nc2c(s1)CCCC2. The summed E-state index contributed by atoms with van der Waals surface area (Å²) in [5.41, 5.74) is 2.03. The van der Waals surface area contributed by atoms with Gasteiger partial charge in [0.15, 0.2) is 4.75 Å². The van der Waals surface area contributed by atoms with E-state index in [0.29, 0.717) is 0 Å². The Hall–Kier alpha value is -0.640. The number of fused-ring (bicyclic) bond motifs is 1. The standard InChI is InChI=1S/C14H16BrN2OPS/c1-19(18,17-11-8-6-10(15)7-9-11)14-16-12-4-2-3-5-13(12)20-14/h6-9H,2-5H2,1H3,(H,17,18). The molecular formula is C14H16BrN2OPS. The molecule has 0 aliphatic heterocycles. The Morgan fingerprint density at radius 2 is 1.95 bits per heavy atom. The summed E-state index contributed by atoms with van der Waals surface area (Å²) >= 11 is 5.02. The molecule has 0 radical (unpaired) electrons. The smallest absolute Gasteiger partial charge is 0.223 e. The molecular weight excluding hydrogens is 355 g/mol. The fourth-order valence-electron chi connectivity index (χ4n) is 2.34. The molecule has 1 aliphatic rings. The molecule has 0 bridgehead atoms. The first-order valence-corrected chi connectivity index (χ1v) is 10.4. The number of halogens is 1. The molecule has 1 aromatic heterocycles. The van der Waals surface area contributed by atoms with Crippen LogP contribution < -0.4 is 9.84 Å². The van der Waals surface area contributed by atoms with Crippen LogP contribution in [-0.2, 0) is 17.4 Å². The number of aromatic nitrogens is 1. The highest BCUT2D eigenvalue weighted by Gasteiger charge is 2.26. The number of nitrogens with one attached hydrogen (secondary N) is 1. The summed E-state index contributed by atoms with van der Waals surface area (Å²) in [5.74, 6) is 0. The molecule has 0 spiro atoms. The van der Waals surface area contributed by atoms with Gasteiger partial charge in [0.2, 0.25) is 7.29 Å². The molecule has 20 heavy (non-hydrogen) atoms. The predicted octanol–water partition coefficient (Wildman–Crippen LogP) is 4.43. The lowest BCUT2D eigenvalue weighted by molar-refractivity contribution is 0.587. The number of hydrogen-bond acceptors (Lipinski definition) is 3. The average molecular weight is 371 g/mol. The van der Waals surface area contributed by atoms with Gasteiger partial charge in [0, 0.05) is 21.7 Å². The highest BCUT2D eigenvalue weighted by molar-refractivity contribution is 9.10. The third-order valence-corrected chi connectivity index (χ3v) is 7.71. The number of aryl methyl sites for hydroxylation is 2. The van der Waals surface area contributed by atoms with Gasteiger partial charge in [-0.3, -0.25) is 4.57 Å². The number of benzene rings is 1. The Bertz CT molecular complexity index is 645. The molecule has 3 nitrogen and oxygen atoms in total. The summed E-state index contributed by atoms with van der Waals surface area (Å²) in [5, 5.41) is 3.15. The van der Waals surface area contributed by atoms with Gasteiger partial charge in [0.05, 0.1) is 5.69 Å². The van der Waals surface area contributed by atoms with Crippen molar-refractivity contribution in [3.8, 4) is 0 Å². The van der Waals surface area contributed by atoms with Crippen LogP contribution in [0.25, 0.3) is 0 Å². The summed E-state index contributed by atoms with van der Waals surface area (Å²) in [6.07, 6.45) is 4.54. The van der Waals surface area contributed by atoms with Crippen molar-refractivity contribution >= 4 is 45.0 Å². The summed E-state index contributed by atoms with van der Waals surface area (Å²) in [6, 6.07) is 7.73. The van der Waals surface area contributed by atoms with E-state index in [2.05, 4.69) is 26.0 Å². The minimum atomic E-state index is -2.64. The minimum Gasteiger partial charge on any atom is -0.331 e. The Kier molecular flexibility index (Phi) is 4.02. The lowest BCUT2D eigenvalue weighted by Gasteiger charge is -2.13. The van der Waals surface area contributed by atoms with Crippen LogP contribution >= 0.6 is 34.6 Å². The van der Waals surface area contributed by atoms with E-state index in [1.54, 1.807) is 18.0 Å². The summed E-state index contributed by atoms with van der Waals surface area (Å²) in [6.45, 7) is 1.76. The number of nitrogens with zero attached hydrogens (tertiary/aromatic N) is 1. The average Bonchev–Trinajstić information content (AvgIpc) is 2.86. The zero-order valence-corrected chi connectivity index (χ0v) is 14.5. The molecule has 1 heterocycles. The van der Waals surface area contributed by atoms with Crippen LogP contribution in [0.2, 0.25) is 0 Å². The second-order valence-corrected chi connectivity index (χ2v) is 9.91. The maximum Gasteiger partial charge on any atom is 0.223 e. The minimum absolute atomic E-state index is 0.757. The zero-order chi connectivity index (χ0) is 14.2. The van der Waals surface area contributed by atoms with Crippen molar-refractivity contribution in [2.75, 3.05) is 11.8 Å². The normalized spacial score (nSPS) is 17.3. The van der Waals surface area contributed by atoms with Crippen LogP contribution in [0.15, 0.2) is 28.7 Å². The van der Waals surface area contributed by atoms with Crippen molar-refractivity contribution < 1.29 is 4.57 Å². The molecule has 0 fully saturated rings. The summed E-state index contributed by atoms with van der Waals surface area (Å²) < 4.78 is 14.7. The lowest BCUT2D eigenvalue weighted by Crippen LogP contribution is -2.10. The highest BCUT2D eigenvalue weighted by Crippen LogP contribution is 2.43. The van der Waals surface area contributed by atoms with E-state index in [-0.39, 0.29) is 0 Å². The molecule has 106 valence electrons. The van der Waals surface area contributed by atoms with E-state index in [9.17, 15) is 4.57 Å². The van der Waals surface area contributed by atoms with Crippen molar-refractivity contribution in [3.05, 3.63) is 39.3 Å². The van der Waals surface area contributed by atoms with Crippen LogP contribution in [0, 0.1) is 0 Å². The largest absolute Gasteiger partial charge is 0.331 e. The van der Waals surface area contributed by atoms with Gasteiger partial charge >= 0.3 is 0 Å². The topological polar surface area (TPSA) is 42.0 Å². The van der Waals surface area contributed by atoms with Crippen LogP contribution in [0.4, 0.5) is 5.69 Å². The van der Waals surface area contributed by atoms with E-state index in [0.717, 1.165) is 33.4 Å². The molecule has 0 saturated carbocycles. The van der Waals surface area contributed by atoms with Crippen molar-refractivity contribution in [2.45, 2.75) is 25.7 Å². The first-order valence-electron chi connectivity index (χ1n) is 6.65. The van der Waals surface area contributed by atoms with Crippen LogP contribution in [0.1, 0.15) is 23.4 Å². The monoisotopic (exact) mass is 370 g/mol. The number of rotatable bonds is 3. The highest BCUT2D eigenvalue weighted by atomic mass is 79.9. The zero-order valence-electron chi connectivity index (χ0n) is 11.2. The van der Waals surface area contributed by atoms with Gasteiger partial charge in [-0.2, -0.15) is 0 Å². The van der Waals surface area contributed by atoms with Gasteiger partial charge in [-0.25, -0.2) is 4.98 Å². The Balaban J connectivity index is 1.85. The molecule has 1 aliphatic carbocycles. The molecule has 1 atom stereocenters. The third kappa shape index (κ3) is 3.00. The first kappa shape index (κ1) is 14.3. The molecule has 6 heteroatoms. The number of thiazole rings is 1. The fourth-order valence-corrected chi connectivity index (χ4v) is 5.71. The van der Waals surface area contributed by atoms with Crippen molar-refractivity contribution in [1.29, 1.82) is 0 Å². The van der Waals surface area contributed by atoms with Gasteiger partial charge in [0.25, 0.3) is 0 Å². The molecule has 0 saturated heterocycles. The van der Waals surface area contributed by atoms with Crippen molar-refractivity contribution in [1.82, 2.24) is 4.98 Å². The third-order valence-electron chi connectivity index (χ3n) is 3.39. The molecule has 1 N–H and O–H groups in total. The molecule has 3 rings (SSSR count). The van der Waals surface area contributed by atoms with Gasteiger partial charge in [0.1, 0.15) is 0 Å². The maximum absolute atomic E-state index is 12.9. The quantitative estimate of drug-likeness (QED) is 0.812. The van der Waals surface area contributed by atoms with Crippen molar-refractivity contribution in [3.63, 3.8) is 0 Å². The van der Waals surface area contributed by atoms with E-state index < -0.39 is 7.29 Å². The first-order chi connectivity index (χ1) is 9.54. The Morgan fingerprint density at radius 3 is 2.65 bits per heavy atom. The van der Waals surface area contributed by atoms with Gasteiger partial charge in [-0.15, -0.1) is 11.3 Å². The second kappa shape index (κ2) is 5.63. The lowest BCUT2D eigenvalue weighted by atomic mass is 10.0. The predicted molar refractivity (Wildman–Crippen MR) is 89.7 cm³/mol. The Labute approximate surface area is 131 Å². The van der Waals surface area contributed by atoms with E-state index in [1.165, 1.54) is 17.7 Å². The molecule has 0 amide bonds. The molecule has 1 unspecified atom stereocenters. The Morgan fingerprint density at radius 1 is 1.25 bits per heavy atom. The van der Waals surface area contributed by atoms with Crippen LogP contribution in [0.5, 0.6) is 0 Å². The van der Waals surface area contributed by atoms with Gasteiger partial charge in [-0.05, 0) is 49.9 Å². The van der Waals surface area contributed by atoms with E-state index >= 15 is 0 Å². The summed E-state index contributed by atoms with van der Waals surface area (Å²) in [7, 11) is -2.64. The fraction of sp³-hybridized carbons (Fsp3) is 0.357. The van der Waals surface area contributed by atoms with Crippen LogP contribution in [0.3, 0.4) is 0 Å². The molecule has 1 aromatic carbocycles. The van der Waals surface area contributed by atoms with E-state index in [4.69, 9.17) is 0 Å². The van der Waals surface area contributed by atoms with Crippen LogP contribution in [-0.4, -0.2) is 11.6 Å². The van der Waals surface area contributed by atoms with Gasteiger partial charge in [-0.1, -0.05) is 15.9 Å². The second-order valence-electron chi connectivity index (χ2n) is 5.12. The van der Waals surface area contributed by atoms with Gasteiger partial charge < -0.3 is 5.09 Å². The van der Waals surface area contributed by atoms with E-state index in [1.807, 2.05) is 24.3 Å². The maximum atomic E-state index is 12.9. The number of hydrogen-bond donors (Lipinski definition) is 1. The summed E-state index contributed by atoms with van der Waals surface area (Å²) in [4.78, 5) is 5.94.